The highest BCUT2D eigenvalue weighted by atomic mass is 16.5. The van der Waals surface area contributed by atoms with Crippen molar-refractivity contribution >= 4 is 5.91 Å². The van der Waals surface area contributed by atoms with Gasteiger partial charge in [-0.05, 0) is 31.9 Å². The van der Waals surface area contributed by atoms with E-state index in [2.05, 4.69) is 41.2 Å². The van der Waals surface area contributed by atoms with Gasteiger partial charge in [0.25, 0.3) is 5.91 Å². The predicted octanol–water partition coefficient (Wildman–Crippen LogP) is 2.56. The Labute approximate surface area is 136 Å². The fourth-order valence-electron chi connectivity index (χ4n) is 3.08. The highest BCUT2D eigenvalue weighted by Gasteiger charge is 2.26. The van der Waals surface area contributed by atoms with Crippen LogP contribution in [-0.2, 0) is 6.54 Å². The molecule has 1 aliphatic rings. The molecule has 0 bridgehead atoms. The molecule has 1 fully saturated rings. The van der Waals surface area contributed by atoms with Crippen LogP contribution in [-0.4, -0.2) is 47.0 Å². The van der Waals surface area contributed by atoms with Gasteiger partial charge >= 0.3 is 0 Å². The van der Waals surface area contributed by atoms with Crippen LogP contribution in [0.4, 0.5) is 0 Å². The molecule has 3 rings (SSSR count). The lowest BCUT2D eigenvalue weighted by Gasteiger charge is -2.35. The molecule has 2 heterocycles. The molecule has 0 spiro atoms. The van der Waals surface area contributed by atoms with Gasteiger partial charge in [-0.2, -0.15) is 0 Å². The van der Waals surface area contributed by atoms with E-state index < -0.39 is 0 Å². The smallest absolute Gasteiger partial charge is 0.259 e. The molecular weight excluding hydrogens is 290 g/mol. The number of benzene rings is 1. The second kappa shape index (κ2) is 6.54. The number of aryl methyl sites for hydroxylation is 3. The third kappa shape index (κ3) is 3.29. The van der Waals surface area contributed by atoms with E-state index in [1.165, 1.54) is 11.1 Å². The first-order chi connectivity index (χ1) is 11.1. The highest BCUT2D eigenvalue weighted by Crippen LogP contribution is 2.17. The van der Waals surface area contributed by atoms with Crippen molar-refractivity contribution < 1.29 is 9.32 Å². The third-order valence-corrected chi connectivity index (χ3v) is 4.56. The molecule has 1 aromatic carbocycles. The summed E-state index contributed by atoms with van der Waals surface area (Å²) in [6.07, 6.45) is 0. The zero-order chi connectivity index (χ0) is 16.4. The first-order valence-electron chi connectivity index (χ1n) is 8.05. The number of carbonyl (C=O) groups is 1. The van der Waals surface area contributed by atoms with Crippen LogP contribution in [0.1, 0.15) is 32.9 Å². The minimum absolute atomic E-state index is 0.0387. The van der Waals surface area contributed by atoms with Crippen LogP contribution < -0.4 is 0 Å². The Bertz CT molecular complexity index is 681. The summed E-state index contributed by atoms with van der Waals surface area (Å²) in [5, 5.41) is 3.88. The van der Waals surface area contributed by atoms with E-state index in [1.807, 2.05) is 11.8 Å². The van der Waals surface area contributed by atoms with Crippen molar-refractivity contribution in [2.45, 2.75) is 27.3 Å². The maximum atomic E-state index is 12.6. The van der Waals surface area contributed by atoms with Gasteiger partial charge in [0.2, 0.25) is 0 Å². The summed E-state index contributed by atoms with van der Waals surface area (Å²) in [4.78, 5) is 16.9. The number of nitrogens with zero attached hydrogens (tertiary/aromatic N) is 3. The van der Waals surface area contributed by atoms with E-state index >= 15 is 0 Å². The van der Waals surface area contributed by atoms with Crippen LogP contribution >= 0.6 is 0 Å². The number of hydrogen-bond donors (Lipinski definition) is 0. The standard InChI is InChI=1S/C18H23N3O2/c1-13-6-4-5-7-16(13)12-20-8-10-21(11-9-20)18(22)17-14(2)19-23-15(17)3/h4-7H,8-12H2,1-3H3. The Morgan fingerprint density at radius 1 is 1.13 bits per heavy atom. The van der Waals surface area contributed by atoms with Gasteiger partial charge in [0, 0.05) is 32.7 Å². The van der Waals surface area contributed by atoms with Gasteiger partial charge < -0.3 is 9.42 Å². The Balaban J connectivity index is 1.60. The summed E-state index contributed by atoms with van der Waals surface area (Å²) in [7, 11) is 0. The molecule has 5 nitrogen and oxygen atoms in total. The highest BCUT2D eigenvalue weighted by molar-refractivity contribution is 5.96. The van der Waals surface area contributed by atoms with Gasteiger partial charge in [-0.25, -0.2) is 0 Å². The van der Waals surface area contributed by atoms with Crippen molar-refractivity contribution in [2.24, 2.45) is 0 Å². The molecule has 1 aromatic heterocycles. The molecule has 1 saturated heterocycles. The van der Waals surface area contributed by atoms with E-state index in [9.17, 15) is 4.79 Å². The normalized spacial score (nSPS) is 15.9. The molecule has 1 aliphatic heterocycles. The molecule has 0 saturated carbocycles. The number of hydrogen-bond acceptors (Lipinski definition) is 4. The van der Waals surface area contributed by atoms with Gasteiger partial charge in [0.05, 0.1) is 5.69 Å². The molecule has 122 valence electrons. The number of piperazine rings is 1. The molecule has 0 unspecified atom stereocenters. The quantitative estimate of drug-likeness (QED) is 0.874. The van der Waals surface area contributed by atoms with Crippen LogP contribution in [0.5, 0.6) is 0 Å². The lowest BCUT2D eigenvalue weighted by molar-refractivity contribution is 0.0626. The van der Waals surface area contributed by atoms with Crippen LogP contribution in [0.2, 0.25) is 0 Å². The fourth-order valence-corrected chi connectivity index (χ4v) is 3.08. The van der Waals surface area contributed by atoms with Crippen LogP contribution in [0.3, 0.4) is 0 Å². The first-order valence-corrected chi connectivity index (χ1v) is 8.05. The van der Waals surface area contributed by atoms with Gasteiger partial charge in [-0.1, -0.05) is 29.4 Å². The lowest BCUT2D eigenvalue weighted by atomic mass is 10.1. The summed E-state index contributed by atoms with van der Waals surface area (Å²) in [5.74, 6) is 0.645. The summed E-state index contributed by atoms with van der Waals surface area (Å²) in [5.41, 5.74) is 3.98. The SMILES string of the molecule is Cc1ccccc1CN1CCN(C(=O)c2c(C)noc2C)CC1. The van der Waals surface area contributed by atoms with Crippen LogP contribution in [0.15, 0.2) is 28.8 Å². The van der Waals surface area contributed by atoms with Crippen molar-refractivity contribution in [2.75, 3.05) is 26.2 Å². The molecule has 23 heavy (non-hydrogen) atoms. The average Bonchev–Trinajstić information content (AvgIpc) is 2.88. The molecule has 5 heteroatoms. The van der Waals surface area contributed by atoms with E-state index in [0.717, 1.165) is 32.7 Å². The molecule has 0 atom stereocenters. The van der Waals surface area contributed by atoms with E-state index in [-0.39, 0.29) is 5.91 Å². The van der Waals surface area contributed by atoms with Gasteiger partial charge in [-0.15, -0.1) is 0 Å². The van der Waals surface area contributed by atoms with E-state index in [0.29, 0.717) is 17.0 Å². The van der Waals surface area contributed by atoms with Crippen molar-refractivity contribution in [3.8, 4) is 0 Å². The zero-order valence-electron chi connectivity index (χ0n) is 14.0. The van der Waals surface area contributed by atoms with Gasteiger partial charge in [-0.3, -0.25) is 9.69 Å². The van der Waals surface area contributed by atoms with E-state index in [1.54, 1.807) is 6.92 Å². The van der Waals surface area contributed by atoms with Crippen molar-refractivity contribution in [1.29, 1.82) is 0 Å². The lowest BCUT2D eigenvalue weighted by Crippen LogP contribution is -2.48. The van der Waals surface area contributed by atoms with Crippen LogP contribution in [0.25, 0.3) is 0 Å². The largest absolute Gasteiger partial charge is 0.361 e. The number of carbonyl (C=O) groups excluding carboxylic acids is 1. The second-order valence-electron chi connectivity index (χ2n) is 6.19. The van der Waals surface area contributed by atoms with Gasteiger partial charge in [0.15, 0.2) is 0 Å². The van der Waals surface area contributed by atoms with Gasteiger partial charge in [0.1, 0.15) is 11.3 Å². The Hall–Kier alpha value is -2.14. The molecule has 0 N–H and O–H groups in total. The summed E-state index contributed by atoms with van der Waals surface area (Å²) in [6, 6.07) is 8.47. The molecule has 2 aromatic rings. The Morgan fingerprint density at radius 2 is 1.83 bits per heavy atom. The Kier molecular flexibility index (Phi) is 4.48. The number of amides is 1. The maximum absolute atomic E-state index is 12.6. The third-order valence-electron chi connectivity index (χ3n) is 4.56. The first kappa shape index (κ1) is 15.7. The minimum Gasteiger partial charge on any atom is -0.361 e. The monoisotopic (exact) mass is 313 g/mol. The van der Waals surface area contributed by atoms with Crippen molar-refractivity contribution in [1.82, 2.24) is 15.0 Å². The predicted molar refractivity (Wildman–Crippen MR) is 88.3 cm³/mol. The fraction of sp³-hybridized carbons (Fsp3) is 0.444. The molecule has 1 amide bonds. The molecular formula is C18H23N3O2. The molecule has 0 radical (unpaired) electrons. The van der Waals surface area contributed by atoms with Crippen molar-refractivity contribution in [3.05, 3.63) is 52.4 Å². The van der Waals surface area contributed by atoms with Crippen LogP contribution in [0, 0.1) is 20.8 Å². The minimum atomic E-state index is 0.0387. The summed E-state index contributed by atoms with van der Waals surface area (Å²) >= 11 is 0. The maximum Gasteiger partial charge on any atom is 0.259 e. The zero-order valence-corrected chi connectivity index (χ0v) is 14.0. The Morgan fingerprint density at radius 3 is 2.43 bits per heavy atom. The summed E-state index contributed by atoms with van der Waals surface area (Å²) < 4.78 is 5.11. The summed E-state index contributed by atoms with van der Waals surface area (Å²) in [6.45, 7) is 9.98. The number of aromatic nitrogens is 1. The number of rotatable bonds is 3. The molecule has 0 aliphatic carbocycles. The topological polar surface area (TPSA) is 49.6 Å². The second-order valence-corrected chi connectivity index (χ2v) is 6.19. The average molecular weight is 313 g/mol. The van der Waals surface area contributed by atoms with Crippen molar-refractivity contribution in [3.63, 3.8) is 0 Å². The van der Waals surface area contributed by atoms with E-state index in [4.69, 9.17) is 4.52 Å².